The summed E-state index contributed by atoms with van der Waals surface area (Å²) in [6.07, 6.45) is 0. The van der Waals surface area contributed by atoms with Gasteiger partial charge in [-0.25, -0.2) is 9.59 Å². The van der Waals surface area contributed by atoms with E-state index in [2.05, 4.69) is 4.74 Å². The van der Waals surface area contributed by atoms with Crippen LogP contribution >= 0.6 is 0 Å². The van der Waals surface area contributed by atoms with Gasteiger partial charge in [0.15, 0.2) is 0 Å². The molecule has 0 saturated carbocycles. The summed E-state index contributed by atoms with van der Waals surface area (Å²) in [6, 6.07) is 2.43. The number of ether oxygens (including phenoxy) is 1. The van der Waals surface area contributed by atoms with Gasteiger partial charge in [0.05, 0.1) is 22.6 Å². The summed E-state index contributed by atoms with van der Waals surface area (Å²) in [4.78, 5) is 21.8. The molecular formula is C10H11NaO8S. The molecule has 0 bridgehead atoms. The molecule has 0 saturated heterocycles. The van der Waals surface area contributed by atoms with E-state index in [-0.39, 0.29) is 43.2 Å². The van der Waals surface area contributed by atoms with E-state index in [0.29, 0.717) is 6.07 Å². The molecule has 0 atom stereocenters. The number of rotatable bonds is 5. The minimum absolute atomic E-state index is 0. The third kappa shape index (κ3) is 4.85. The zero-order chi connectivity index (χ0) is 14.6. The fourth-order valence-electron chi connectivity index (χ4n) is 1.25. The quantitative estimate of drug-likeness (QED) is 0.295. The van der Waals surface area contributed by atoms with Crippen molar-refractivity contribution in [1.29, 1.82) is 0 Å². The first-order chi connectivity index (χ1) is 8.77. The number of esters is 1. The Balaban J connectivity index is 0. The van der Waals surface area contributed by atoms with Gasteiger partial charge in [0.25, 0.3) is 10.1 Å². The molecule has 0 aliphatic heterocycles. The van der Waals surface area contributed by atoms with Crippen LogP contribution < -0.4 is 29.6 Å². The first-order valence-corrected chi connectivity index (χ1v) is 6.34. The van der Waals surface area contributed by atoms with Gasteiger partial charge < -0.3 is 16.4 Å². The van der Waals surface area contributed by atoms with Gasteiger partial charge in [0, 0.05) is 0 Å². The topological polar surface area (TPSA) is 138 Å². The molecule has 0 aliphatic carbocycles. The predicted molar refractivity (Wildman–Crippen MR) is 61.7 cm³/mol. The summed E-state index contributed by atoms with van der Waals surface area (Å²) in [5, 5.41) is 17.4. The summed E-state index contributed by atoms with van der Waals surface area (Å²) in [5.74, 6) is -2.57. The van der Waals surface area contributed by atoms with Crippen molar-refractivity contribution in [2.75, 3.05) is 13.2 Å². The number of carboxylic acids is 1. The van der Waals surface area contributed by atoms with Crippen molar-refractivity contribution >= 4 is 22.1 Å². The van der Waals surface area contributed by atoms with Crippen molar-refractivity contribution in [2.24, 2.45) is 0 Å². The molecule has 0 spiro atoms. The molecule has 10 heteroatoms. The Hall–Kier alpha value is -0.970. The van der Waals surface area contributed by atoms with Gasteiger partial charge in [-0.3, -0.25) is 4.55 Å². The molecule has 20 heavy (non-hydrogen) atoms. The van der Waals surface area contributed by atoms with Crippen LogP contribution in [0.2, 0.25) is 0 Å². The Morgan fingerprint density at radius 3 is 2.30 bits per heavy atom. The van der Waals surface area contributed by atoms with Crippen LogP contribution in [0.3, 0.4) is 0 Å². The minimum atomic E-state index is -4.57. The molecule has 0 heterocycles. The normalized spacial score (nSPS) is 10.5. The second-order valence-corrected chi connectivity index (χ2v) is 4.77. The van der Waals surface area contributed by atoms with Crippen LogP contribution in [0.25, 0.3) is 0 Å². The van der Waals surface area contributed by atoms with E-state index in [9.17, 15) is 18.0 Å². The van der Waals surface area contributed by atoms with E-state index in [4.69, 9.17) is 14.8 Å². The third-order valence-electron chi connectivity index (χ3n) is 2.06. The van der Waals surface area contributed by atoms with Gasteiger partial charge >= 0.3 is 41.5 Å². The van der Waals surface area contributed by atoms with E-state index in [0.717, 1.165) is 12.1 Å². The van der Waals surface area contributed by atoms with Crippen LogP contribution in [0.15, 0.2) is 23.1 Å². The summed E-state index contributed by atoms with van der Waals surface area (Å²) < 4.78 is 35.1. The Bertz CT molecular complexity index is 615. The molecule has 0 unspecified atom stereocenters. The van der Waals surface area contributed by atoms with Crippen LogP contribution in [-0.2, 0) is 14.9 Å². The predicted octanol–water partition coefficient (Wildman–Crippen LogP) is -3.10. The third-order valence-corrected chi connectivity index (χ3v) is 2.91. The first kappa shape index (κ1) is 19.0. The van der Waals surface area contributed by atoms with E-state index >= 15 is 0 Å². The number of hydrogen-bond donors (Lipinski definition) is 3. The van der Waals surface area contributed by atoms with Gasteiger partial charge in [-0.1, -0.05) is 0 Å². The average molecular weight is 314 g/mol. The smallest absolute Gasteiger partial charge is 1.00 e. The van der Waals surface area contributed by atoms with Crippen LogP contribution in [0.4, 0.5) is 0 Å². The summed E-state index contributed by atoms with van der Waals surface area (Å²) in [7, 11) is -4.57. The summed E-state index contributed by atoms with van der Waals surface area (Å²) in [6.45, 7) is -0.755. The molecule has 0 amide bonds. The molecular weight excluding hydrogens is 303 g/mol. The van der Waals surface area contributed by atoms with Crippen molar-refractivity contribution < 1.29 is 68.5 Å². The molecule has 0 aliphatic rings. The van der Waals surface area contributed by atoms with Gasteiger partial charge in [-0.2, -0.15) is 8.42 Å². The number of aromatic carboxylic acids is 1. The second kappa shape index (κ2) is 7.72. The van der Waals surface area contributed by atoms with Gasteiger partial charge in [-0.15, -0.1) is 0 Å². The maximum Gasteiger partial charge on any atom is 1.00 e. The molecule has 0 aromatic heterocycles. The average Bonchev–Trinajstić information content (AvgIpc) is 2.34. The van der Waals surface area contributed by atoms with Crippen LogP contribution in [0, 0.1) is 0 Å². The Labute approximate surface area is 137 Å². The largest absolute Gasteiger partial charge is 1.00 e. The first-order valence-electron chi connectivity index (χ1n) is 4.90. The summed E-state index contributed by atoms with van der Waals surface area (Å²) >= 11 is 0. The zero-order valence-corrected chi connectivity index (χ0v) is 13.3. The fourth-order valence-corrected chi connectivity index (χ4v) is 1.76. The standard InChI is InChI=1S/C10H10O8S.Na.H/c11-3-4-18-10(14)7-2-1-6(19(15,16)17)5-8(7)9(12)13;;/h1-2,5,11H,3-4H2,(H,12,13)(H,15,16,17);;/q;+1;-1. The number of aliphatic hydroxyl groups is 1. The molecule has 1 rings (SSSR count). The number of benzene rings is 1. The molecule has 0 fully saturated rings. The van der Waals surface area contributed by atoms with Gasteiger partial charge in [0.1, 0.15) is 6.61 Å². The number of hydrogen-bond acceptors (Lipinski definition) is 6. The van der Waals surface area contributed by atoms with E-state index in [1.807, 2.05) is 0 Å². The monoisotopic (exact) mass is 314 g/mol. The number of carbonyl (C=O) groups excluding carboxylic acids is 1. The number of aliphatic hydroxyl groups excluding tert-OH is 1. The molecule has 0 radical (unpaired) electrons. The van der Waals surface area contributed by atoms with Crippen molar-refractivity contribution in [3.63, 3.8) is 0 Å². The van der Waals surface area contributed by atoms with Crippen molar-refractivity contribution in [1.82, 2.24) is 0 Å². The minimum Gasteiger partial charge on any atom is -1.00 e. The van der Waals surface area contributed by atoms with Gasteiger partial charge in [-0.05, 0) is 18.2 Å². The van der Waals surface area contributed by atoms with Crippen molar-refractivity contribution in [2.45, 2.75) is 4.90 Å². The Kier molecular flexibility index (Phi) is 7.34. The van der Waals surface area contributed by atoms with E-state index in [1.54, 1.807) is 0 Å². The van der Waals surface area contributed by atoms with E-state index in [1.165, 1.54) is 0 Å². The fraction of sp³-hybridized carbons (Fsp3) is 0.200. The Morgan fingerprint density at radius 1 is 1.25 bits per heavy atom. The molecule has 3 N–H and O–H groups in total. The van der Waals surface area contributed by atoms with Crippen molar-refractivity contribution in [3.8, 4) is 0 Å². The Morgan fingerprint density at radius 2 is 1.85 bits per heavy atom. The van der Waals surface area contributed by atoms with Crippen LogP contribution in [0.5, 0.6) is 0 Å². The number of carbonyl (C=O) groups is 2. The maximum atomic E-state index is 11.5. The van der Waals surface area contributed by atoms with Gasteiger partial charge in [0.2, 0.25) is 0 Å². The van der Waals surface area contributed by atoms with E-state index < -0.39 is 39.1 Å². The second-order valence-electron chi connectivity index (χ2n) is 3.35. The maximum absolute atomic E-state index is 11.5. The van der Waals surface area contributed by atoms with Crippen LogP contribution in [0.1, 0.15) is 22.1 Å². The SMILES string of the molecule is O=C(O)c1cc(S(=O)(=O)O)ccc1C(=O)OCCO.[H-].[Na+]. The number of carboxylic acid groups (broad SMARTS) is 1. The molecule has 1 aromatic carbocycles. The molecule has 8 nitrogen and oxygen atoms in total. The van der Waals surface area contributed by atoms with Crippen molar-refractivity contribution in [3.05, 3.63) is 29.3 Å². The zero-order valence-electron chi connectivity index (χ0n) is 11.4. The van der Waals surface area contributed by atoms with Crippen LogP contribution in [-0.4, -0.2) is 48.3 Å². The molecule has 106 valence electrons. The summed E-state index contributed by atoms with van der Waals surface area (Å²) in [5.41, 5.74) is -1.01. The molecule has 1 aromatic rings.